The highest BCUT2D eigenvalue weighted by Gasteiger charge is 2.64. The van der Waals surface area contributed by atoms with Gasteiger partial charge in [-0.3, -0.25) is 0 Å². The first-order valence-corrected chi connectivity index (χ1v) is 12.9. The van der Waals surface area contributed by atoms with Crippen molar-refractivity contribution in [2.45, 2.75) is 110 Å². The summed E-state index contributed by atoms with van der Waals surface area (Å²) in [5, 5.41) is 43.4. The lowest BCUT2D eigenvalue weighted by atomic mass is 9.45. The van der Waals surface area contributed by atoms with Crippen LogP contribution in [0.4, 0.5) is 0 Å². The van der Waals surface area contributed by atoms with Crippen LogP contribution < -0.4 is 0 Å². The maximum absolute atomic E-state index is 11.6. The maximum Gasteiger partial charge on any atom is 0.0757 e. The third-order valence-electron chi connectivity index (χ3n) is 10.7. The van der Waals surface area contributed by atoms with Crippen LogP contribution >= 0.6 is 0 Å². The van der Waals surface area contributed by atoms with Gasteiger partial charge in [-0.2, -0.15) is 0 Å². The molecule has 0 saturated heterocycles. The molecule has 4 heteroatoms. The molecule has 0 spiro atoms. The first kappa shape index (κ1) is 23.7. The average Bonchev–Trinajstić information content (AvgIpc) is 3.06. The van der Waals surface area contributed by atoms with E-state index in [1.807, 2.05) is 0 Å². The van der Waals surface area contributed by atoms with E-state index in [-0.39, 0.29) is 41.0 Å². The quantitative estimate of drug-likeness (QED) is 0.486. The molecule has 1 unspecified atom stereocenters. The van der Waals surface area contributed by atoms with Crippen molar-refractivity contribution >= 4 is 0 Å². The summed E-state index contributed by atoms with van der Waals surface area (Å²) in [6.07, 6.45) is 7.95. The standard InChI is InChI=1S/C27H46O4/c1-15(2)22(29)9-6-16(3)19-7-8-20-25-21(14-24(31)27(19,20)5)26(4)11-10-18(28)12-17(26)13-23(25)30/h13,15-16,18-25,28-31H,6-12,14H2,1-5H3/t16-,18+,19-,20+,21+,22?,23-,24+,25+,26+,27-/m1/s1. The van der Waals surface area contributed by atoms with Gasteiger partial charge in [-0.25, -0.2) is 0 Å². The van der Waals surface area contributed by atoms with E-state index in [1.165, 1.54) is 5.57 Å². The predicted octanol–water partition coefficient (Wildman–Crippen LogP) is 4.30. The maximum atomic E-state index is 11.6. The highest BCUT2D eigenvalue weighted by atomic mass is 16.3. The second kappa shape index (κ2) is 8.42. The third-order valence-corrected chi connectivity index (χ3v) is 10.7. The Morgan fingerprint density at radius 1 is 1.00 bits per heavy atom. The van der Waals surface area contributed by atoms with Crippen LogP contribution in [0.2, 0.25) is 0 Å². The van der Waals surface area contributed by atoms with Gasteiger partial charge in [0.1, 0.15) is 0 Å². The van der Waals surface area contributed by atoms with E-state index in [0.29, 0.717) is 30.1 Å². The lowest BCUT2D eigenvalue weighted by molar-refractivity contribution is -0.158. The molecular formula is C27H46O4. The van der Waals surface area contributed by atoms with Crippen molar-refractivity contribution in [3.05, 3.63) is 11.6 Å². The Hall–Kier alpha value is -0.420. The zero-order chi connectivity index (χ0) is 22.7. The summed E-state index contributed by atoms with van der Waals surface area (Å²) in [7, 11) is 0. The van der Waals surface area contributed by atoms with Gasteiger partial charge in [0.2, 0.25) is 0 Å². The third kappa shape index (κ3) is 3.74. The fourth-order valence-electron chi connectivity index (χ4n) is 8.53. The summed E-state index contributed by atoms with van der Waals surface area (Å²) in [4.78, 5) is 0. The van der Waals surface area contributed by atoms with E-state index in [4.69, 9.17) is 0 Å². The van der Waals surface area contributed by atoms with Gasteiger partial charge in [0.25, 0.3) is 0 Å². The summed E-state index contributed by atoms with van der Waals surface area (Å²) in [6, 6.07) is 0. The Balaban J connectivity index is 1.58. The molecule has 4 rings (SSSR count). The van der Waals surface area contributed by atoms with Crippen LogP contribution in [-0.4, -0.2) is 44.8 Å². The van der Waals surface area contributed by atoms with Crippen LogP contribution in [0.1, 0.15) is 86.0 Å². The SMILES string of the molecule is CC(C)C(O)CC[C@@H](C)[C@H]1CC[C@H]2[C@@H]3[C@H](O)C=C4C[C@@H](O)CC[C@]4(C)[C@H]3C[C@H](O)[C@]12C. The van der Waals surface area contributed by atoms with E-state index < -0.39 is 6.10 Å². The molecule has 0 aromatic rings. The lowest BCUT2D eigenvalue weighted by Crippen LogP contribution is -2.59. The first-order valence-electron chi connectivity index (χ1n) is 12.9. The van der Waals surface area contributed by atoms with E-state index in [0.717, 1.165) is 44.9 Å². The Morgan fingerprint density at radius 3 is 2.39 bits per heavy atom. The number of aliphatic hydroxyl groups excluding tert-OH is 4. The minimum Gasteiger partial charge on any atom is -0.393 e. The van der Waals surface area contributed by atoms with Crippen molar-refractivity contribution in [1.82, 2.24) is 0 Å². The monoisotopic (exact) mass is 434 g/mol. The zero-order valence-electron chi connectivity index (χ0n) is 20.3. The smallest absolute Gasteiger partial charge is 0.0757 e. The van der Waals surface area contributed by atoms with Crippen molar-refractivity contribution < 1.29 is 20.4 Å². The van der Waals surface area contributed by atoms with Crippen LogP contribution in [0, 0.1) is 46.3 Å². The van der Waals surface area contributed by atoms with E-state index in [9.17, 15) is 20.4 Å². The van der Waals surface area contributed by atoms with Crippen molar-refractivity contribution in [3.63, 3.8) is 0 Å². The first-order chi connectivity index (χ1) is 14.5. The van der Waals surface area contributed by atoms with Crippen LogP contribution in [0.5, 0.6) is 0 Å². The molecule has 3 fully saturated rings. The summed E-state index contributed by atoms with van der Waals surface area (Å²) in [5.74, 6) is 2.01. The molecule has 3 saturated carbocycles. The number of hydrogen-bond donors (Lipinski definition) is 4. The lowest BCUT2D eigenvalue weighted by Gasteiger charge is -2.61. The van der Waals surface area contributed by atoms with Gasteiger partial charge in [0.05, 0.1) is 24.4 Å². The zero-order valence-corrected chi connectivity index (χ0v) is 20.3. The van der Waals surface area contributed by atoms with Crippen molar-refractivity contribution in [2.75, 3.05) is 0 Å². The average molecular weight is 435 g/mol. The van der Waals surface area contributed by atoms with Gasteiger partial charge < -0.3 is 20.4 Å². The molecule has 0 bridgehead atoms. The second-order valence-corrected chi connectivity index (χ2v) is 12.5. The summed E-state index contributed by atoms with van der Waals surface area (Å²) < 4.78 is 0. The topological polar surface area (TPSA) is 80.9 Å². The molecule has 4 N–H and O–H groups in total. The molecule has 11 atom stereocenters. The minimum absolute atomic E-state index is 0.00346. The van der Waals surface area contributed by atoms with Crippen LogP contribution in [0.15, 0.2) is 11.6 Å². The molecule has 0 heterocycles. The van der Waals surface area contributed by atoms with Crippen LogP contribution in [0.25, 0.3) is 0 Å². The summed E-state index contributed by atoms with van der Waals surface area (Å²) >= 11 is 0. The number of fused-ring (bicyclic) bond motifs is 5. The van der Waals surface area contributed by atoms with Gasteiger partial charge in [-0.1, -0.05) is 46.3 Å². The molecule has 4 aliphatic carbocycles. The fraction of sp³-hybridized carbons (Fsp3) is 0.926. The van der Waals surface area contributed by atoms with Gasteiger partial charge in [0, 0.05) is 0 Å². The van der Waals surface area contributed by atoms with Crippen LogP contribution in [-0.2, 0) is 0 Å². The molecule has 0 aliphatic heterocycles. The minimum atomic E-state index is -0.466. The van der Waals surface area contributed by atoms with E-state index >= 15 is 0 Å². The van der Waals surface area contributed by atoms with Crippen molar-refractivity contribution in [3.8, 4) is 0 Å². The predicted molar refractivity (Wildman–Crippen MR) is 123 cm³/mol. The molecule has 0 amide bonds. The van der Waals surface area contributed by atoms with Gasteiger partial charge >= 0.3 is 0 Å². The molecule has 0 aromatic heterocycles. The van der Waals surface area contributed by atoms with E-state index in [1.54, 1.807) is 0 Å². The summed E-state index contributed by atoms with van der Waals surface area (Å²) in [5.41, 5.74) is 1.05. The second-order valence-electron chi connectivity index (χ2n) is 12.5. The van der Waals surface area contributed by atoms with Gasteiger partial charge in [-0.05, 0) is 97.7 Å². The fourth-order valence-corrected chi connectivity index (χ4v) is 8.53. The van der Waals surface area contributed by atoms with Crippen molar-refractivity contribution in [1.29, 1.82) is 0 Å². The van der Waals surface area contributed by atoms with Crippen LogP contribution in [0.3, 0.4) is 0 Å². The van der Waals surface area contributed by atoms with Gasteiger partial charge in [0.15, 0.2) is 0 Å². The summed E-state index contributed by atoms with van der Waals surface area (Å²) in [6.45, 7) is 11.1. The Morgan fingerprint density at radius 2 is 1.71 bits per heavy atom. The number of hydrogen-bond acceptors (Lipinski definition) is 4. The molecule has 4 aliphatic rings. The Kier molecular flexibility index (Phi) is 6.44. The Bertz CT molecular complexity index is 689. The largest absolute Gasteiger partial charge is 0.393 e. The van der Waals surface area contributed by atoms with Crippen molar-refractivity contribution in [2.24, 2.45) is 46.3 Å². The molecular weight excluding hydrogens is 388 g/mol. The molecule has 0 radical (unpaired) electrons. The molecule has 4 nitrogen and oxygen atoms in total. The number of rotatable bonds is 5. The Labute approximate surface area is 189 Å². The number of aliphatic hydroxyl groups is 4. The molecule has 178 valence electrons. The highest BCUT2D eigenvalue weighted by molar-refractivity contribution is 5.28. The van der Waals surface area contributed by atoms with E-state index in [2.05, 4.69) is 40.7 Å². The van der Waals surface area contributed by atoms with Gasteiger partial charge in [-0.15, -0.1) is 0 Å². The highest BCUT2D eigenvalue weighted by Crippen LogP contribution is 2.67. The molecule has 0 aromatic carbocycles. The normalized spacial score (nSPS) is 49.1. The molecule has 31 heavy (non-hydrogen) atoms.